The number of hydrogen-bond donors (Lipinski definition) is 1. The van der Waals surface area contributed by atoms with E-state index in [1.165, 1.54) is 0 Å². The third-order valence-electron chi connectivity index (χ3n) is 3.39. The van der Waals surface area contributed by atoms with Crippen molar-refractivity contribution in [2.75, 3.05) is 13.1 Å². The zero-order valence-electron chi connectivity index (χ0n) is 11.7. The van der Waals surface area contributed by atoms with Crippen LogP contribution in [0.4, 0.5) is 0 Å². The smallest absolute Gasteiger partial charge is 0.320 e. The minimum atomic E-state index is -0.819. The molecule has 0 aliphatic carbocycles. The zero-order valence-corrected chi connectivity index (χ0v) is 11.7. The van der Waals surface area contributed by atoms with E-state index in [2.05, 4.69) is 0 Å². The predicted molar refractivity (Wildman–Crippen MR) is 69.3 cm³/mol. The molecule has 1 saturated heterocycles. The Morgan fingerprint density at radius 1 is 1.28 bits per heavy atom. The van der Waals surface area contributed by atoms with Gasteiger partial charge in [0.25, 0.3) is 0 Å². The van der Waals surface area contributed by atoms with Gasteiger partial charge >= 0.3 is 5.97 Å². The molecule has 1 atom stereocenters. The van der Waals surface area contributed by atoms with Gasteiger partial charge in [-0.25, -0.2) is 0 Å². The minimum absolute atomic E-state index is 0.0214. The van der Waals surface area contributed by atoms with Gasteiger partial charge in [0.15, 0.2) is 0 Å². The van der Waals surface area contributed by atoms with Crippen LogP contribution in [-0.2, 0) is 9.59 Å². The van der Waals surface area contributed by atoms with Crippen molar-refractivity contribution in [1.29, 1.82) is 0 Å². The third kappa shape index (κ3) is 3.45. The largest absolute Gasteiger partial charge is 0.480 e. The number of hydrogen-bond acceptors (Lipinski definition) is 3. The lowest BCUT2D eigenvalue weighted by molar-refractivity contribution is -0.144. The highest BCUT2D eigenvalue weighted by molar-refractivity contribution is 5.80. The van der Waals surface area contributed by atoms with Crippen LogP contribution in [0, 0.1) is 0 Å². The first-order valence-corrected chi connectivity index (χ1v) is 6.62. The van der Waals surface area contributed by atoms with Gasteiger partial charge in [-0.3, -0.25) is 14.5 Å². The molecular weight excluding hydrogens is 232 g/mol. The average Bonchev–Trinajstić information content (AvgIpc) is 2.63. The van der Waals surface area contributed by atoms with Gasteiger partial charge < -0.3 is 10.0 Å². The molecule has 1 fully saturated rings. The quantitative estimate of drug-likeness (QED) is 0.802. The summed E-state index contributed by atoms with van der Waals surface area (Å²) in [5.74, 6) is -0.797. The summed E-state index contributed by atoms with van der Waals surface area (Å²) in [6.07, 6.45) is 1.50. The highest BCUT2D eigenvalue weighted by atomic mass is 16.4. The predicted octanol–water partition coefficient (Wildman–Crippen LogP) is 1.18. The van der Waals surface area contributed by atoms with Crippen molar-refractivity contribution in [2.45, 2.75) is 58.7 Å². The molecule has 0 aromatic carbocycles. The van der Waals surface area contributed by atoms with Crippen molar-refractivity contribution in [3.63, 3.8) is 0 Å². The molecule has 0 radical (unpaired) electrons. The summed E-state index contributed by atoms with van der Waals surface area (Å²) in [5, 5.41) is 9.09. The summed E-state index contributed by atoms with van der Waals surface area (Å²) in [6, 6.07) is -0.207. The van der Waals surface area contributed by atoms with Crippen molar-refractivity contribution < 1.29 is 14.7 Å². The van der Waals surface area contributed by atoms with Gasteiger partial charge in [0.05, 0.1) is 6.54 Å². The monoisotopic (exact) mass is 256 g/mol. The fraction of sp³-hybridized carbons (Fsp3) is 0.846. The molecule has 5 nitrogen and oxygen atoms in total. The molecule has 1 unspecified atom stereocenters. The van der Waals surface area contributed by atoms with Crippen LogP contribution >= 0.6 is 0 Å². The van der Waals surface area contributed by atoms with Crippen molar-refractivity contribution >= 4 is 11.9 Å². The van der Waals surface area contributed by atoms with Gasteiger partial charge in [-0.1, -0.05) is 0 Å². The summed E-state index contributed by atoms with van der Waals surface area (Å²) >= 11 is 0. The Kier molecular flexibility index (Phi) is 5.14. The molecule has 0 spiro atoms. The Bertz CT molecular complexity index is 307. The fourth-order valence-corrected chi connectivity index (χ4v) is 2.72. The van der Waals surface area contributed by atoms with E-state index in [1.807, 2.05) is 32.6 Å². The average molecular weight is 256 g/mol. The number of nitrogens with zero attached hydrogens (tertiary/aromatic N) is 2. The van der Waals surface area contributed by atoms with Gasteiger partial charge in [-0.15, -0.1) is 0 Å². The highest BCUT2D eigenvalue weighted by Crippen LogP contribution is 2.18. The molecule has 1 N–H and O–H groups in total. The molecule has 104 valence electrons. The van der Waals surface area contributed by atoms with Crippen LogP contribution in [0.3, 0.4) is 0 Å². The maximum absolute atomic E-state index is 12.2. The van der Waals surface area contributed by atoms with Crippen molar-refractivity contribution in [2.24, 2.45) is 0 Å². The Balaban J connectivity index is 2.65. The van der Waals surface area contributed by atoms with Crippen LogP contribution < -0.4 is 0 Å². The van der Waals surface area contributed by atoms with E-state index in [4.69, 9.17) is 5.11 Å². The van der Waals surface area contributed by atoms with E-state index >= 15 is 0 Å². The lowest BCUT2D eigenvalue weighted by atomic mass is 10.2. The third-order valence-corrected chi connectivity index (χ3v) is 3.39. The summed E-state index contributed by atoms with van der Waals surface area (Å²) in [7, 11) is 0. The van der Waals surface area contributed by atoms with Crippen molar-refractivity contribution in [1.82, 2.24) is 9.80 Å². The standard InChI is InChI=1S/C13H24N2O3/c1-9(2)15(10(3)4)12(16)8-14-7-5-6-11(14)13(17)18/h9-11H,5-8H2,1-4H3,(H,17,18). The van der Waals surface area contributed by atoms with Crippen LogP contribution in [0.5, 0.6) is 0 Å². The summed E-state index contributed by atoms with van der Waals surface area (Å²) < 4.78 is 0. The highest BCUT2D eigenvalue weighted by Gasteiger charge is 2.33. The van der Waals surface area contributed by atoms with Gasteiger partial charge in [0.2, 0.25) is 5.91 Å². The lowest BCUT2D eigenvalue weighted by Crippen LogP contribution is -2.49. The second kappa shape index (κ2) is 6.18. The van der Waals surface area contributed by atoms with Gasteiger partial charge in [-0.2, -0.15) is 0 Å². The summed E-state index contributed by atoms with van der Waals surface area (Å²) in [6.45, 7) is 8.85. The lowest BCUT2D eigenvalue weighted by Gasteiger charge is -2.33. The van der Waals surface area contributed by atoms with Crippen LogP contribution in [0.15, 0.2) is 0 Å². The Morgan fingerprint density at radius 2 is 1.83 bits per heavy atom. The number of carboxylic acid groups (broad SMARTS) is 1. The molecule has 18 heavy (non-hydrogen) atoms. The molecule has 1 amide bonds. The maximum Gasteiger partial charge on any atom is 0.320 e. The first kappa shape index (κ1) is 15.0. The van der Waals surface area contributed by atoms with E-state index in [9.17, 15) is 9.59 Å². The van der Waals surface area contributed by atoms with Crippen LogP contribution in [0.2, 0.25) is 0 Å². The van der Waals surface area contributed by atoms with Crippen molar-refractivity contribution in [3.8, 4) is 0 Å². The molecule has 5 heteroatoms. The normalized spacial score (nSPS) is 20.7. The minimum Gasteiger partial charge on any atom is -0.480 e. The molecule has 1 aliphatic heterocycles. The second-order valence-corrected chi connectivity index (χ2v) is 5.46. The van der Waals surface area contributed by atoms with Crippen LogP contribution in [0.25, 0.3) is 0 Å². The molecular formula is C13H24N2O3. The number of carbonyl (C=O) groups excluding carboxylic acids is 1. The number of amides is 1. The first-order chi connectivity index (χ1) is 8.34. The van der Waals surface area contributed by atoms with E-state index < -0.39 is 12.0 Å². The van der Waals surface area contributed by atoms with E-state index in [0.29, 0.717) is 13.0 Å². The number of rotatable bonds is 5. The molecule has 1 rings (SSSR count). The number of likely N-dealkylation sites (tertiary alicyclic amines) is 1. The number of carbonyl (C=O) groups is 2. The van der Waals surface area contributed by atoms with Gasteiger partial charge in [-0.05, 0) is 47.1 Å². The molecule has 1 aliphatic rings. The fourth-order valence-electron chi connectivity index (χ4n) is 2.72. The summed E-state index contributed by atoms with van der Waals surface area (Å²) in [5.41, 5.74) is 0. The first-order valence-electron chi connectivity index (χ1n) is 6.62. The van der Waals surface area contributed by atoms with E-state index in [0.717, 1.165) is 6.42 Å². The number of carboxylic acids is 1. The molecule has 0 aromatic heterocycles. The Morgan fingerprint density at radius 3 is 2.28 bits per heavy atom. The van der Waals surface area contributed by atoms with Crippen LogP contribution in [0.1, 0.15) is 40.5 Å². The number of aliphatic carboxylic acids is 1. The molecule has 1 heterocycles. The van der Waals surface area contributed by atoms with E-state index in [1.54, 1.807) is 4.90 Å². The Labute approximate surface area is 109 Å². The SMILES string of the molecule is CC(C)N(C(=O)CN1CCCC1C(=O)O)C(C)C. The topological polar surface area (TPSA) is 60.9 Å². The van der Waals surface area contributed by atoms with E-state index in [-0.39, 0.29) is 24.5 Å². The summed E-state index contributed by atoms with van der Waals surface area (Å²) in [4.78, 5) is 26.9. The Hall–Kier alpha value is -1.10. The maximum atomic E-state index is 12.2. The van der Waals surface area contributed by atoms with Crippen LogP contribution in [-0.4, -0.2) is 58.0 Å². The molecule has 0 saturated carbocycles. The van der Waals surface area contributed by atoms with Gasteiger partial charge in [0, 0.05) is 12.1 Å². The van der Waals surface area contributed by atoms with Gasteiger partial charge in [0.1, 0.15) is 6.04 Å². The molecule has 0 aromatic rings. The zero-order chi connectivity index (χ0) is 13.9. The second-order valence-electron chi connectivity index (χ2n) is 5.46. The van der Waals surface area contributed by atoms with Crippen molar-refractivity contribution in [3.05, 3.63) is 0 Å². The molecule has 0 bridgehead atoms.